The molecule has 0 spiro atoms. The fourth-order valence-corrected chi connectivity index (χ4v) is 2.60. The molecule has 0 aliphatic carbocycles. The summed E-state index contributed by atoms with van der Waals surface area (Å²) in [5.74, 6) is 0. The highest BCUT2D eigenvalue weighted by Gasteiger charge is 2.29. The Morgan fingerprint density at radius 3 is 2.71 bits per heavy atom. The van der Waals surface area contributed by atoms with Gasteiger partial charge in [-0.1, -0.05) is 0 Å². The van der Waals surface area contributed by atoms with E-state index in [1.165, 1.54) is 16.9 Å². The molecule has 0 atom stereocenters. The van der Waals surface area contributed by atoms with Gasteiger partial charge in [-0.25, -0.2) is 13.1 Å². The number of likely N-dealkylation sites (N-methyl/N-ethyl adjacent to an activating group) is 1. The van der Waals surface area contributed by atoms with Gasteiger partial charge in [0.1, 0.15) is 0 Å². The van der Waals surface area contributed by atoms with Gasteiger partial charge in [0.25, 0.3) is 9.05 Å². The van der Waals surface area contributed by atoms with Crippen LogP contribution in [0.3, 0.4) is 0 Å². The van der Waals surface area contributed by atoms with Crippen LogP contribution in [0.1, 0.15) is 6.04 Å². The Hall–Kier alpha value is -0.590. The van der Waals surface area contributed by atoms with Crippen molar-refractivity contribution >= 4 is 19.7 Å². The van der Waals surface area contributed by atoms with Crippen LogP contribution in [0.4, 0.5) is 0 Å². The van der Waals surface area contributed by atoms with E-state index in [0.29, 0.717) is 0 Å². The zero-order valence-corrected chi connectivity index (χ0v) is 9.16. The first-order chi connectivity index (χ1) is 6.48. The predicted octanol–water partition coefficient (Wildman–Crippen LogP) is 0.297. The van der Waals surface area contributed by atoms with Gasteiger partial charge in [-0.15, -0.1) is 0 Å². The summed E-state index contributed by atoms with van der Waals surface area (Å²) in [6, 6.07) is 1.54. The van der Waals surface area contributed by atoms with E-state index >= 15 is 0 Å². The molecule has 0 unspecified atom stereocenters. The second kappa shape index (κ2) is 3.22. The lowest BCUT2D eigenvalue weighted by Gasteiger charge is -2.36. The van der Waals surface area contributed by atoms with Crippen LogP contribution in [0, 0.1) is 0 Å². The molecular weight excluding hydrogens is 226 g/mol. The minimum absolute atomic E-state index is 0.0808. The molecule has 1 aromatic heterocycles. The molecule has 7 heteroatoms. The molecule has 1 saturated heterocycles. The van der Waals surface area contributed by atoms with E-state index in [4.69, 9.17) is 10.7 Å². The molecule has 78 valence electrons. The Morgan fingerprint density at radius 1 is 1.57 bits per heavy atom. The lowest BCUT2D eigenvalue weighted by molar-refractivity contribution is 0.123. The molecule has 1 fully saturated rings. The summed E-state index contributed by atoms with van der Waals surface area (Å²) in [7, 11) is 3.56. The summed E-state index contributed by atoms with van der Waals surface area (Å²) in [5.41, 5.74) is 0. The van der Waals surface area contributed by atoms with E-state index in [1.54, 1.807) is 0 Å². The van der Waals surface area contributed by atoms with Crippen molar-refractivity contribution in [2.45, 2.75) is 11.1 Å². The van der Waals surface area contributed by atoms with Gasteiger partial charge in [0, 0.05) is 23.8 Å². The summed E-state index contributed by atoms with van der Waals surface area (Å²) >= 11 is 0. The fraction of sp³-hybridized carbons (Fsp3) is 0.571. The average Bonchev–Trinajstić information content (AvgIpc) is 2.44. The summed E-state index contributed by atoms with van der Waals surface area (Å²) in [5, 5.41) is 4.05. The van der Waals surface area contributed by atoms with Gasteiger partial charge < -0.3 is 4.90 Å². The van der Waals surface area contributed by atoms with Crippen molar-refractivity contribution in [3.8, 4) is 0 Å². The highest BCUT2D eigenvalue weighted by molar-refractivity contribution is 8.13. The molecule has 1 aromatic rings. The van der Waals surface area contributed by atoms with E-state index in [0.717, 1.165) is 13.1 Å². The van der Waals surface area contributed by atoms with E-state index < -0.39 is 9.05 Å². The molecule has 0 bridgehead atoms. The van der Waals surface area contributed by atoms with Crippen LogP contribution in [-0.4, -0.2) is 43.2 Å². The monoisotopic (exact) mass is 235 g/mol. The number of nitrogens with zero attached hydrogens (tertiary/aromatic N) is 3. The molecular formula is C7H10ClN3O2S. The molecule has 0 amide bonds. The normalized spacial score (nSPS) is 19.6. The zero-order valence-electron chi connectivity index (χ0n) is 7.59. The standard InChI is InChI=1S/C7H10ClN3O2S/c1-10-4-6(5-10)11-7(2-3-9-11)14(8,12)13/h2-3,6H,4-5H2,1H3. The number of likely N-dealkylation sites (tertiary alicyclic amines) is 1. The lowest BCUT2D eigenvalue weighted by atomic mass is 10.1. The minimum atomic E-state index is -3.67. The number of hydrogen-bond acceptors (Lipinski definition) is 4. The van der Waals surface area contributed by atoms with Gasteiger partial charge in [0.05, 0.1) is 12.2 Å². The van der Waals surface area contributed by atoms with Crippen molar-refractivity contribution < 1.29 is 8.42 Å². The molecule has 0 saturated carbocycles. The van der Waals surface area contributed by atoms with Crippen LogP contribution in [0.15, 0.2) is 17.3 Å². The first kappa shape index (κ1) is 9.95. The molecule has 0 radical (unpaired) electrons. The molecule has 0 N–H and O–H groups in total. The van der Waals surface area contributed by atoms with Gasteiger partial charge in [0.15, 0.2) is 5.03 Å². The van der Waals surface area contributed by atoms with Crippen LogP contribution < -0.4 is 0 Å². The molecule has 14 heavy (non-hydrogen) atoms. The summed E-state index contributed by atoms with van der Waals surface area (Å²) in [4.78, 5) is 2.08. The van der Waals surface area contributed by atoms with E-state index in [1.807, 2.05) is 7.05 Å². The Morgan fingerprint density at radius 2 is 2.21 bits per heavy atom. The van der Waals surface area contributed by atoms with Gasteiger partial charge in [-0.3, -0.25) is 0 Å². The number of rotatable bonds is 2. The van der Waals surface area contributed by atoms with Crippen molar-refractivity contribution in [2.24, 2.45) is 0 Å². The van der Waals surface area contributed by atoms with Crippen LogP contribution in [0.2, 0.25) is 0 Å². The van der Waals surface area contributed by atoms with Gasteiger partial charge in [-0.05, 0) is 13.1 Å². The molecule has 2 rings (SSSR count). The van der Waals surface area contributed by atoms with Crippen LogP contribution in [0.25, 0.3) is 0 Å². The maximum atomic E-state index is 11.1. The van der Waals surface area contributed by atoms with Gasteiger partial charge >= 0.3 is 0 Å². The average molecular weight is 236 g/mol. The van der Waals surface area contributed by atoms with Crippen LogP contribution in [0.5, 0.6) is 0 Å². The Balaban J connectivity index is 2.32. The Kier molecular flexibility index (Phi) is 2.29. The molecule has 2 heterocycles. The number of hydrogen-bond donors (Lipinski definition) is 0. The first-order valence-electron chi connectivity index (χ1n) is 4.15. The fourth-order valence-electron chi connectivity index (χ4n) is 1.59. The minimum Gasteiger partial charge on any atom is -0.302 e. The second-order valence-corrected chi connectivity index (χ2v) is 5.94. The third kappa shape index (κ3) is 1.65. The second-order valence-electron chi connectivity index (χ2n) is 3.43. The predicted molar refractivity (Wildman–Crippen MR) is 51.8 cm³/mol. The summed E-state index contributed by atoms with van der Waals surface area (Å²) < 4.78 is 23.7. The summed E-state index contributed by atoms with van der Waals surface area (Å²) in [6.07, 6.45) is 1.45. The van der Waals surface area contributed by atoms with E-state index in [9.17, 15) is 8.42 Å². The van der Waals surface area contributed by atoms with E-state index in [-0.39, 0.29) is 11.1 Å². The Bertz CT molecular complexity index is 436. The molecule has 5 nitrogen and oxygen atoms in total. The van der Waals surface area contributed by atoms with Crippen LogP contribution >= 0.6 is 10.7 Å². The van der Waals surface area contributed by atoms with Crippen molar-refractivity contribution in [3.05, 3.63) is 12.3 Å². The van der Waals surface area contributed by atoms with Crippen molar-refractivity contribution in [1.82, 2.24) is 14.7 Å². The van der Waals surface area contributed by atoms with Crippen molar-refractivity contribution in [3.63, 3.8) is 0 Å². The highest BCUT2D eigenvalue weighted by Crippen LogP contribution is 2.24. The van der Waals surface area contributed by atoms with Crippen molar-refractivity contribution in [2.75, 3.05) is 20.1 Å². The molecule has 1 aliphatic rings. The van der Waals surface area contributed by atoms with Gasteiger partial charge in [-0.2, -0.15) is 5.10 Å². The topological polar surface area (TPSA) is 55.2 Å². The number of halogens is 1. The third-order valence-electron chi connectivity index (χ3n) is 2.27. The van der Waals surface area contributed by atoms with Crippen molar-refractivity contribution in [1.29, 1.82) is 0 Å². The SMILES string of the molecule is CN1CC(n2nccc2S(=O)(=O)Cl)C1. The summed E-state index contributed by atoms with van der Waals surface area (Å²) in [6.45, 7) is 1.61. The van der Waals surface area contributed by atoms with Gasteiger partial charge in [0.2, 0.25) is 0 Å². The van der Waals surface area contributed by atoms with Crippen LogP contribution in [-0.2, 0) is 9.05 Å². The number of aromatic nitrogens is 2. The molecule has 1 aliphatic heterocycles. The van der Waals surface area contributed by atoms with E-state index in [2.05, 4.69) is 10.00 Å². The molecule has 0 aromatic carbocycles. The largest absolute Gasteiger partial charge is 0.302 e. The zero-order chi connectivity index (χ0) is 10.3. The third-order valence-corrected chi connectivity index (χ3v) is 3.57. The quantitative estimate of drug-likeness (QED) is 0.692. The maximum absolute atomic E-state index is 11.1. The lowest BCUT2D eigenvalue weighted by Crippen LogP contribution is -2.45. The maximum Gasteiger partial charge on any atom is 0.278 e. The smallest absolute Gasteiger partial charge is 0.278 e. The first-order valence-corrected chi connectivity index (χ1v) is 6.46. The Labute approximate surface area is 86.7 Å². The highest BCUT2D eigenvalue weighted by atomic mass is 35.7.